The van der Waals surface area contributed by atoms with Gasteiger partial charge in [-0.05, 0) is 92.7 Å². The number of carbonyl (C=O) groups excluding carboxylic acids is 1. The Morgan fingerprint density at radius 3 is 2.65 bits per heavy atom. The lowest BCUT2D eigenvalue weighted by Gasteiger charge is -2.23. The molecule has 3 aromatic rings. The molecule has 2 atom stereocenters. The number of ether oxygens (including phenoxy) is 1. The zero-order valence-electron chi connectivity index (χ0n) is 20.0. The highest BCUT2D eigenvalue weighted by molar-refractivity contribution is 5.83. The molecule has 0 aliphatic carbocycles. The quantitative estimate of drug-likeness (QED) is 0.256. The molecule has 34 heavy (non-hydrogen) atoms. The average Bonchev–Trinajstić information content (AvgIpc) is 3.55. The van der Waals surface area contributed by atoms with E-state index in [4.69, 9.17) is 15.0 Å². The van der Waals surface area contributed by atoms with Crippen LogP contribution < -0.4 is 16.0 Å². The van der Waals surface area contributed by atoms with E-state index in [1.54, 1.807) is 0 Å². The number of nitrogens with one attached hydrogen (secondary N) is 1. The minimum atomic E-state index is -0.200. The molecule has 1 amide bonds. The average molecular weight is 463 g/mol. The Labute approximate surface area is 200 Å². The molecule has 7 heteroatoms. The molecule has 2 aromatic carbocycles. The number of fused-ring (bicyclic) bond motifs is 1. The number of amides is 1. The molecule has 4 rings (SSSR count). The standard InChI is InChI=1S/C27H34N4O3/c1-4-20(16-26(32)30-28)19(3)22-9-12-24-25(15-22)34-27(29-24)21-7-10-23(11-8-21)33-17-18(2)31-13-5-6-14-31/h7-12,15,18,20H,3-6,13-14,16-17,28H2,1-2H3,(H,30,32). The van der Waals surface area contributed by atoms with E-state index >= 15 is 0 Å². The number of rotatable bonds is 10. The van der Waals surface area contributed by atoms with Crippen LogP contribution in [0.3, 0.4) is 0 Å². The normalized spacial score (nSPS) is 15.9. The van der Waals surface area contributed by atoms with Crippen molar-refractivity contribution in [3.05, 3.63) is 54.6 Å². The van der Waals surface area contributed by atoms with Gasteiger partial charge in [-0.1, -0.05) is 19.6 Å². The molecule has 0 bridgehead atoms. The molecule has 1 fully saturated rings. The van der Waals surface area contributed by atoms with Gasteiger partial charge in [-0.15, -0.1) is 0 Å². The van der Waals surface area contributed by atoms with Crippen molar-refractivity contribution in [1.29, 1.82) is 0 Å². The molecule has 1 aromatic heterocycles. The summed E-state index contributed by atoms with van der Waals surface area (Å²) < 4.78 is 12.1. The summed E-state index contributed by atoms with van der Waals surface area (Å²) in [5, 5.41) is 0. The Morgan fingerprint density at radius 2 is 1.97 bits per heavy atom. The number of allylic oxidation sites excluding steroid dienone is 1. The van der Waals surface area contributed by atoms with Crippen LogP contribution in [0.1, 0.15) is 45.1 Å². The summed E-state index contributed by atoms with van der Waals surface area (Å²) in [7, 11) is 0. The minimum Gasteiger partial charge on any atom is -0.492 e. The third kappa shape index (κ3) is 5.48. The third-order valence-electron chi connectivity index (χ3n) is 6.69. The number of carbonyl (C=O) groups is 1. The lowest BCUT2D eigenvalue weighted by atomic mass is 9.89. The first-order valence-electron chi connectivity index (χ1n) is 12.0. The van der Waals surface area contributed by atoms with Gasteiger partial charge in [0.1, 0.15) is 17.9 Å². The predicted octanol–water partition coefficient (Wildman–Crippen LogP) is 4.78. The molecule has 180 valence electrons. The van der Waals surface area contributed by atoms with Gasteiger partial charge < -0.3 is 9.15 Å². The molecule has 0 radical (unpaired) electrons. The summed E-state index contributed by atoms with van der Waals surface area (Å²) in [6.07, 6.45) is 3.65. The van der Waals surface area contributed by atoms with Gasteiger partial charge in [-0.25, -0.2) is 10.8 Å². The van der Waals surface area contributed by atoms with Crippen LogP contribution in [-0.2, 0) is 4.79 Å². The largest absolute Gasteiger partial charge is 0.492 e. The van der Waals surface area contributed by atoms with E-state index in [-0.39, 0.29) is 11.8 Å². The zero-order valence-corrected chi connectivity index (χ0v) is 20.0. The molecule has 0 saturated carbocycles. The minimum absolute atomic E-state index is 0.00382. The number of likely N-dealkylation sites (tertiary alicyclic amines) is 1. The summed E-state index contributed by atoms with van der Waals surface area (Å²) in [6, 6.07) is 14.1. The highest BCUT2D eigenvalue weighted by Crippen LogP contribution is 2.31. The Balaban J connectivity index is 1.44. The molecule has 1 saturated heterocycles. The van der Waals surface area contributed by atoms with Crippen molar-refractivity contribution >= 4 is 22.6 Å². The van der Waals surface area contributed by atoms with Crippen molar-refractivity contribution in [1.82, 2.24) is 15.3 Å². The van der Waals surface area contributed by atoms with Crippen molar-refractivity contribution in [3.8, 4) is 17.2 Å². The van der Waals surface area contributed by atoms with Crippen molar-refractivity contribution in [2.75, 3.05) is 19.7 Å². The number of hydrogen-bond donors (Lipinski definition) is 2. The van der Waals surface area contributed by atoms with E-state index in [1.807, 2.05) is 49.4 Å². The number of nitrogens with zero attached hydrogens (tertiary/aromatic N) is 2. The Hall–Kier alpha value is -3.16. The summed E-state index contributed by atoms with van der Waals surface area (Å²) >= 11 is 0. The van der Waals surface area contributed by atoms with Gasteiger partial charge in [0.05, 0.1) is 0 Å². The summed E-state index contributed by atoms with van der Waals surface area (Å²) in [5.41, 5.74) is 6.37. The fraction of sp³-hybridized carbons (Fsp3) is 0.407. The second-order valence-electron chi connectivity index (χ2n) is 9.03. The Kier molecular flexibility index (Phi) is 7.65. The topological polar surface area (TPSA) is 93.6 Å². The van der Waals surface area contributed by atoms with Gasteiger partial charge in [0, 0.05) is 18.0 Å². The van der Waals surface area contributed by atoms with Crippen LogP contribution in [0.5, 0.6) is 5.75 Å². The first-order valence-corrected chi connectivity index (χ1v) is 12.0. The number of aromatic nitrogens is 1. The van der Waals surface area contributed by atoms with Gasteiger partial charge in [-0.2, -0.15) is 0 Å². The number of hydrogen-bond acceptors (Lipinski definition) is 6. The van der Waals surface area contributed by atoms with E-state index in [1.165, 1.54) is 25.9 Å². The Morgan fingerprint density at radius 1 is 1.24 bits per heavy atom. The lowest BCUT2D eigenvalue weighted by molar-refractivity contribution is -0.121. The monoisotopic (exact) mass is 462 g/mol. The maximum Gasteiger partial charge on any atom is 0.234 e. The van der Waals surface area contributed by atoms with Crippen LogP contribution in [0.4, 0.5) is 0 Å². The van der Waals surface area contributed by atoms with Crippen molar-refractivity contribution in [2.45, 2.75) is 45.6 Å². The number of nitrogens with two attached hydrogens (primary N) is 1. The van der Waals surface area contributed by atoms with E-state index in [0.29, 0.717) is 30.5 Å². The molecular weight excluding hydrogens is 428 g/mol. The summed E-state index contributed by atoms with van der Waals surface area (Å²) in [4.78, 5) is 18.9. The van der Waals surface area contributed by atoms with Crippen LogP contribution in [0, 0.1) is 5.92 Å². The highest BCUT2D eigenvalue weighted by atomic mass is 16.5. The lowest BCUT2D eigenvalue weighted by Crippen LogP contribution is -2.34. The van der Waals surface area contributed by atoms with E-state index in [0.717, 1.165) is 34.4 Å². The van der Waals surface area contributed by atoms with Crippen molar-refractivity contribution in [3.63, 3.8) is 0 Å². The number of oxazole rings is 1. The molecule has 2 heterocycles. The fourth-order valence-corrected chi connectivity index (χ4v) is 4.48. The number of benzene rings is 2. The molecule has 1 aliphatic rings. The second-order valence-corrected chi connectivity index (χ2v) is 9.03. The van der Waals surface area contributed by atoms with Gasteiger partial charge in [0.15, 0.2) is 5.58 Å². The summed E-state index contributed by atoms with van der Waals surface area (Å²) in [5.74, 6) is 6.46. The van der Waals surface area contributed by atoms with E-state index < -0.39 is 0 Å². The van der Waals surface area contributed by atoms with Crippen molar-refractivity contribution < 1.29 is 13.9 Å². The molecule has 7 nitrogen and oxygen atoms in total. The second kappa shape index (κ2) is 10.8. The van der Waals surface area contributed by atoms with Gasteiger partial charge in [0.25, 0.3) is 0 Å². The molecule has 0 spiro atoms. The zero-order chi connectivity index (χ0) is 24.1. The van der Waals surface area contributed by atoms with Crippen LogP contribution in [0.25, 0.3) is 28.1 Å². The third-order valence-corrected chi connectivity index (χ3v) is 6.69. The highest BCUT2D eigenvalue weighted by Gasteiger charge is 2.19. The maximum absolute atomic E-state index is 11.7. The van der Waals surface area contributed by atoms with E-state index in [2.05, 4.69) is 28.8 Å². The van der Waals surface area contributed by atoms with Gasteiger partial charge in [-0.3, -0.25) is 15.1 Å². The fourth-order valence-electron chi connectivity index (χ4n) is 4.48. The first-order chi connectivity index (χ1) is 16.5. The van der Waals surface area contributed by atoms with Crippen LogP contribution in [0.2, 0.25) is 0 Å². The predicted molar refractivity (Wildman–Crippen MR) is 135 cm³/mol. The SMILES string of the molecule is C=C(c1ccc2nc(-c3ccc(OCC(C)N4CCCC4)cc3)oc2c1)C(CC)CC(=O)NN. The van der Waals surface area contributed by atoms with Crippen LogP contribution in [0.15, 0.2) is 53.5 Å². The van der Waals surface area contributed by atoms with Gasteiger partial charge in [0.2, 0.25) is 11.8 Å². The van der Waals surface area contributed by atoms with Crippen LogP contribution in [-0.4, -0.2) is 41.5 Å². The van der Waals surface area contributed by atoms with Crippen LogP contribution >= 0.6 is 0 Å². The summed E-state index contributed by atoms with van der Waals surface area (Å²) in [6.45, 7) is 11.5. The molecule has 2 unspecified atom stereocenters. The molecular formula is C27H34N4O3. The van der Waals surface area contributed by atoms with Gasteiger partial charge >= 0.3 is 0 Å². The smallest absolute Gasteiger partial charge is 0.234 e. The number of hydrazine groups is 1. The van der Waals surface area contributed by atoms with Crippen molar-refractivity contribution in [2.24, 2.45) is 11.8 Å². The maximum atomic E-state index is 11.7. The first kappa shape index (κ1) is 24.0. The Bertz CT molecular complexity index is 1130. The molecule has 1 aliphatic heterocycles. The molecule has 3 N–H and O–H groups in total. The van der Waals surface area contributed by atoms with E-state index in [9.17, 15) is 4.79 Å².